The second kappa shape index (κ2) is 3.63. The number of thioether (sulfide) groups is 1. The second-order valence-corrected chi connectivity index (χ2v) is 4.97. The number of aromatic nitrogens is 2. The standard InChI is InChI=1S/C7H8N2O2S2/c10-7(11)6-9-8-5(13-6)4-1-2-12-3-4/h4H,1-3H2,(H,10,11). The first-order chi connectivity index (χ1) is 6.27. The maximum absolute atomic E-state index is 10.5. The molecular formula is C7H8N2O2S2. The molecule has 6 heteroatoms. The van der Waals surface area contributed by atoms with E-state index in [-0.39, 0.29) is 5.01 Å². The van der Waals surface area contributed by atoms with Crippen LogP contribution in [0.15, 0.2) is 0 Å². The van der Waals surface area contributed by atoms with Crippen LogP contribution in [0.3, 0.4) is 0 Å². The molecule has 1 atom stereocenters. The van der Waals surface area contributed by atoms with Crippen LogP contribution >= 0.6 is 23.1 Å². The SMILES string of the molecule is O=C(O)c1nnc(C2CCSC2)s1. The molecule has 13 heavy (non-hydrogen) atoms. The molecule has 0 spiro atoms. The molecule has 70 valence electrons. The van der Waals surface area contributed by atoms with E-state index >= 15 is 0 Å². The van der Waals surface area contributed by atoms with Gasteiger partial charge in [-0.3, -0.25) is 0 Å². The van der Waals surface area contributed by atoms with Gasteiger partial charge in [0.25, 0.3) is 0 Å². The quantitative estimate of drug-likeness (QED) is 0.810. The van der Waals surface area contributed by atoms with Crippen LogP contribution in [0.1, 0.15) is 27.1 Å². The zero-order valence-electron chi connectivity index (χ0n) is 6.77. The van der Waals surface area contributed by atoms with E-state index in [0.717, 1.165) is 22.9 Å². The minimum Gasteiger partial charge on any atom is -0.476 e. The summed E-state index contributed by atoms with van der Waals surface area (Å²) in [6.07, 6.45) is 1.10. The van der Waals surface area contributed by atoms with Gasteiger partial charge in [-0.05, 0) is 12.2 Å². The Kier molecular flexibility index (Phi) is 2.50. The van der Waals surface area contributed by atoms with Crippen molar-refractivity contribution in [3.8, 4) is 0 Å². The van der Waals surface area contributed by atoms with Crippen LogP contribution in [0.2, 0.25) is 0 Å². The number of carboxylic acid groups (broad SMARTS) is 1. The van der Waals surface area contributed by atoms with E-state index in [9.17, 15) is 4.79 Å². The van der Waals surface area contributed by atoms with Gasteiger partial charge in [0.15, 0.2) is 0 Å². The van der Waals surface area contributed by atoms with Gasteiger partial charge in [0, 0.05) is 11.7 Å². The van der Waals surface area contributed by atoms with E-state index in [4.69, 9.17) is 5.11 Å². The van der Waals surface area contributed by atoms with Crippen molar-refractivity contribution < 1.29 is 9.90 Å². The Labute approximate surface area is 83.4 Å². The molecule has 1 saturated heterocycles. The van der Waals surface area contributed by atoms with Crippen molar-refractivity contribution in [3.63, 3.8) is 0 Å². The first-order valence-corrected chi connectivity index (χ1v) is 5.89. The van der Waals surface area contributed by atoms with Crippen LogP contribution in [-0.4, -0.2) is 32.8 Å². The summed E-state index contributed by atoms with van der Waals surface area (Å²) in [4.78, 5) is 10.5. The van der Waals surface area contributed by atoms with Crippen LogP contribution in [-0.2, 0) is 0 Å². The second-order valence-electron chi connectivity index (χ2n) is 2.81. The summed E-state index contributed by atoms with van der Waals surface area (Å²) < 4.78 is 0. The summed E-state index contributed by atoms with van der Waals surface area (Å²) in [5, 5.41) is 17.1. The van der Waals surface area contributed by atoms with E-state index in [1.54, 1.807) is 0 Å². The average Bonchev–Trinajstić information content (AvgIpc) is 2.75. The van der Waals surface area contributed by atoms with E-state index in [1.807, 2.05) is 11.8 Å². The fourth-order valence-corrected chi connectivity index (χ4v) is 3.36. The summed E-state index contributed by atoms with van der Waals surface area (Å²) in [5.74, 6) is 1.64. The van der Waals surface area contributed by atoms with Crippen molar-refractivity contribution in [1.82, 2.24) is 10.2 Å². The minimum atomic E-state index is -0.977. The number of aromatic carboxylic acids is 1. The third-order valence-electron chi connectivity index (χ3n) is 1.90. The predicted molar refractivity (Wildman–Crippen MR) is 51.6 cm³/mol. The van der Waals surface area contributed by atoms with Crippen LogP contribution in [0.5, 0.6) is 0 Å². The number of nitrogens with zero attached hydrogens (tertiary/aromatic N) is 2. The molecule has 2 rings (SSSR count). The van der Waals surface area contributed by atoms with Gasteiger partial charge in [-0.2, -0.15) is 11.8 Å². The Morgan fingerprint density at radius 2 is 2.38 bits per heavy atom. The van der Waals surface area contributed by atoms with Crippen LogP contribution in [0.25, 0.3) is 0 Å². The smallest absolute Gasteiger partial charge is 0.367 e. The highest BCUT2D eigenvalue weighted by atomic mass is 32.2. The van der Waals surface area contributed by atoms with E-state index in [1.165, 1.54) is 11.3 Å². The normalized spacial score (nSPS) is 22.0. The van der Waals surface area contributed by atoms with Gasteiger partial charge in [-0.15, -0.1) is 10.2 Å². The molecule has 1 N–H and O–H groups in total. The molecule has 0 saturated carbocycles. The number of carboxylic acids is 1. The topological polar surface area (TPSA) is 63.1 Å². The third-order valence-corrected chi connectivity index (χ3v) is 4.14. The highest BCUT2D eigenvalue weighted by molar-refractivity contribution is 7.99. The van der Waals surface area contributed by atoms with Crippen molar-refractivity contribution in [2.45, 2.75) is 12.3 Å². The van der Waals surface area contributed by atoms with Crippen LogP contribution in [0.4, 0.5) is 0 Å². The number of rotatable bonds is 2. The van der Waals surface area contributed by atoms with Gasteiger partial charge < -0.3 is 5.11 Å². The summed E-state index contributed by atoms with van der Waals surface area (Å²) in [5.41, 5.74) is 0. The molecule has 1 aromatic heterocycles. The highest BCUT2D eigenvalue weighted by Crippen LogP contribution is 2.33. The Morgan fingerprint density at radius 1 is 1.54 bits per heavy atom. The Morgan fingerprint density at radius 3 is 2.92 bits per heavy atom. The Bertz CT molecular complexity index is 320. The van der Waals surface area contributed by atoms with Crippen molar-refractivity contribution in [2.75, 3.05) is 11.5 Å². The molecule has 0 radical (unpaired) electrons. The summed E-state index contributed by atoms with van der Waals surface area (Å²) in [6, 6.07) is 0. The lowest BCUT2D eigenvalue weighted by Crippen LogP contribution is -1.94. The van der Waals surface area contributed by atoms with E-state index in [0.29, 0.717) is 5.92 Å². The summed E-state index contributed by atoms with van der Waals surface area (Å²) in [6.45, 7) is 0. The molecule has 2 heterocycles. The van der Waals surface area contributed by atoms with Crippen molar-refractivity contribution in [3.05, 3.63) is 10.0 Å². The highest BCUT2D eigenvalue weighted by Gasteiger charge is 2.22. The maximum atomic E-state index is 10.5. The lowest BCUT2D eigenvalue weighted by molar-refractivity contribution is 0.0695. The molecule has 1 fully saturated rings. The largest absolute Gasteiger partial charge is 0.476 e. The molecule has 0 aromatic carbocycles. The molecule has 4 nitrogen and oxygen atoms in total. The first kappa shape index (κ1) is 8.96. The zero-order chi connectivity index (χ0) is 9.26. The van der Waals surface area contributed by atoms with Crippen LogP contribution in [0, 0.1) is 0 Å². The molecule has 1 aliphatic rings. The zero-order valence-corrected chi connectivity index (χ0v) is 8.40. The van der Waals surface area contributed by atoms with Crippen LogP contribution < -0.4 is 0 Å². The summed E-state index contributed by atoms with van der Waals surface area (Å²) >= 11 is 3.09. The van der Waals surface area contributed by atoms with Gasteiger partial charge in [-0.1, -0.05) is 11.3 Å². The molecule has 1 aromatic rings. The van der Waals surface area contributed by atoms with Gasteiger partial charge in [0.05, 0.1) is 0 Å². The lowest BCUT2D eigenvalue weighted by atomic mass is 10.1. The predicted octanol–water partition coefficient (Wildman–Crippen LogP) is 1.46. The van der Waals surface area contributed by atoms with Gasteiger partial charge >= 0.3 is 5.97 Å². The maximum Gasteiger partial charge on any atom is 0.367 e. The monoisotopic (exact) mass is 216 g/mol. The third kappa shape index (κ3) is 1.83. The fraction of sp³-hybridized carbons (Fsp3) is 0.571. The lowest BCUT2D eigenvalue weighted by Gasteiger charge is -1.99. The molecular weight excluding hydrogens is 208 g/mol. The Hall–Kier alpha value is -0.620. The Balaban J connectivity index is 2.16. The van der Waals surface area contributed by atoms with Crippen molar-refractivity contribution in [1.29, 1.82) is 0 Å². The number of hydrogen-bond acceptors (Lipinski definition) is 5. The number of carbonyl (C=O) groups is 1. The molecule has 1 unspecified atom stereocenters. The molecule has 1 aliphatic heterocycles. The van der Waals surface area contributed by atoms with E-state index < -0.39 is 5.97 Å². The van der Waals surface area contributed by atoms with Gasteiger partial charge in [-0.25, -0.2) is 4.79 Å². The average molecular weight is 216 g/mol. The summed E-state index contributed by atoms with van der Waals surface area (Å²) in [7, 11) is 0. The minimum absolute atomic E-state index is 0.104. The van der Waals surface area contributed by atoms with Crippen molar-refractivity contribution >= 4 is 29.1 Å². The van der Waals surface area contributed by atoms with Crippen molar-refractivity contribution in [2.24, 2.45) is 0 Å². The fourth-order valence-electron chi connectivity index (χ4n) is 1.22. The van der Waals surface area contributed by atoms with Gasteiger partial charge in [0.2, 0.25) is 5.01 Å². The molecule has 0 aliphatic carbocycles. The molecule has 0 amide bonds. The van der Waals surface area contributed by atoms with E-state index in [2.05, 4.69) is 10.2 Å². The number of hydrogen-bond donors (Lipinski definition) is 1. The molecule has 0 bridgehead atoms. The first-order valence-electron chi connectivity index (χ1n) is 3.92. The van der Waals surface area contributed by atoms with Gasteiger partial charge in [0.1, 0.15) is 5.01 Å².